The van der Waals surface area contributed by atoms with Crippen molar-refractivity contribution >= 4 is 93.7 Å². The normalized spacial score (nSPS) is 10.6. The van der Waals surface area contributed by atoms with Gasteiger partial charge in [-0.3, -0.25) is 0 Å². The smallest absolute Gasteiger partial charge is 0.202 e. The molecule has 0 N–H and O–H groups in total. The summed E-state index contributed by atoms with van der Waals surface area (Å²) in [5.41, 5.74) is 0. The van der Waals surface area contributed by atoms with Gasteiger partial charge in [-0.2, -0.15) is 4.37 Å². The van der Waals surface area contributed by atoms with Gasteiger partial charge in [-0.15, -0.1) is 0 Å². The molecule has 0 saturated heterocycles. The molecule has 0 radical (unpaired) electrons. The SMILES string of the molecule is CCSN(SCC)C(=S)c1nsc(C(=S)N(SCC)SCC)n1. The number of aromatic nitrogens is 2. The lowest BCUT2D eigenvalue weighted by Gasteiger charge is -2.19. The summed E-state index contributed by atoms with van der Waals surface area (Å²) in [7, 11) is 0. The molecule has 23 heavy (non-hydrogen) atoms. The Morgan fingerprint density at radius 2 is 1.30 bits per heavy atom. The summed E-state index contributed by atoms with van der Waals surface area (Å²) in [6, 6.07) is 0. The van der Waals surface area contributed by atoms with Crippen LogP contribution in [0.1, 0.15) is 38.5 Å². The van der Waals surface area contributed by atoms with Gasteiger partial charge in [0.2, 0.25) is 5.82 Å². The molecule has 1 heterocycles. The second-order valence-corrected chi connectivity index (χ2v) is 10.5. The van der Waals surface area contributed by atoms with Gasteiger partial charge in [-0.05, 0) is 59.3 Å². The van der Waals surface area contributed by atoms with Gasteiger partial charge in [0.05, 0.1) is 0 Å². The molecule has 0 aliphatic carbocycles. The molecule has 0 spiro atoms. The molecule has 130 valence electrons. The summed E-state index contributed by atoms with van der Waals surface area (Å²) < 4.78 is 8.47. The maximum atomic E-state index is 5.57. The first-order valence-corrected chi connectivity index (χ1v) is 12.5. The van der Waals surface area contributed by atoms with E-state index >= 15 is 0 Å². The van der Waals surface area contributed by atoms with Crippen molar-refractivity contribution < 1.29 is 0 Å². The van der Waals surface area contributed by atoms with Crippen molar-refractivity contribution in [1.29, 1.82) is 0 Å². The fourth-order valence-electron chi connectivity index (χ4n) is 1.34. The number of thiocarbonyl (C=S) groups is 2. The van der Waals surface area contributed by atoms with Crippen LogP contribution in [-0.2, 0) is 0 Å². The van der Waals surface area contributed by atoms with E-state index in [-0.39, 0.29) is 0 Å². The highest BCUT2D eigenvalue weighted by molar-refractivity contribution is 8.14. The van der Waals surface area contributed by atoms with Gasteiger partial charge in [-0.1, -0.05) is 52.1 Å². The minimum absolute atomic E-state index is 0.590. The van der Waals surface area contributed by atoms with E-state index in [1.807, 2.05) is 7.42 Å². The van der Waals surface area contributed by atoms with Crippen molar-refractivity contribution in [2.45, 2.75) is 27.7 Å². The number of hydrogen-bond acceptors (Lipinski definition) is 9. The zero-order valence-corrected chi connectivity index (χ0v) is 19.2. The van der Waals surface area contributed by atoms with E-state index < -0.39 is 0 Å². The fourth-order valence-corrected chi connectivity index (χ4v) is 6.59. The van der Waals surface area contributed by atoms with Crippen molar-refractivity contribution in [2.75, 3.05) is 23.0 Å². The average Bonchev–Trinajstić information content (AvgIpc) is 3.03. The van der Waals surface area contributed by atoms with Gasteiger partial charge in [0.15, 0.2) is 15.0 Å². The predicted molar refractivity (Wildman–Crippen MR) is 120 cm³/mol. The van der Waals surface area contributed by atoms with Crippen LogP contribution in [0.2, 0.25) is 0 Å². The van der Waals surface area contributed by atoms with Crippen molar-refractivity contribution in [3.8, 4) is 0 Å². The quantitative estimate of drug-likeness (QED) is 0.356. The minimum atomic E-state index is 0.590. The topological polar surface area (TPSA) is 32.3 Å². The molecule has 0 unspecified atom stereocenters. The number of nitrogens with zero attached hydrogens (tertiary/aromatic N) is 4. The van der Waals surface area contributed by atoms with E-state index in [1.54, 1.807) is 47.8 Å². The first kappa shape index (κ1) is 21.8. The number of rotatable bonds is 10. The molecule has 1 rings (SSSR count). The summed E-state index contributed by atoms with van der Waals surface area (Å²) in [6.07, 6.45) is 0. The van der Waals surface area contributed by atoms with Crippen LogP contribution in [0, 0.1) is 0 Å². The lowest BCUT2D eigenvalue weighted by atomic mass is 10.6. The molecule has 0 fully saturated rings. The standard InChI is InChI=1S/C12H20N4S7/c1-5-19-15(20-6-2)11(17)9-13-10(23-14-9)12(18)16(21-7-3)22-8-4/h5-8H2,1-4H3. The van der Waals surface area contributed by atoms with E-state index in [2.05, 4.69) is 37.1 Å². The van der Waals surface area contributed by atoms with E-state index in [0.29, 0.717) is 15.8 Å². The monoisotopic (exact) mass is 444 g/mol. The highest BCUT2D eigenvalue weighted by atomic mass is 32.2. The summed E-state index contributed by atoms with van der Waals surface area (Å²) >= 11 is 19.1. The number of hydrogen-bond donors (Lipinski definition) is 0. The molecule has 4 nitrogen and oxygen atoms in total. The van der Waals surface area contributed by atoms with E-state index in [1.165, 1.54) is 11.5 Å². The summed E-state index contributed by atoms with van der Waals surface area (Å²) in [4.78, 5) is 5.94. The first-order valence-electron chi connectivity index (χ1n) is 7.13. The maximum absolute atomic E-state index is 5.57. The zero-order valence-electron chi connectivity index (χ0n) is 13.5. The van der Waals surface area contributed by atoms with Crippen LogP contribution < -0.4 is 0 Å². The largest absolute Gasteiger partial charge is 0.245 e. The molecular formula is C12H20N4S7. The van der Waals surface area contributed by atoms with Crippen molar-refractivity contribution in [3.05, 3.63) is 10.8 Å². The molecule has 0 aliphatic heterocycles. The second kappa shape index (κ2) is 12.2. The Balaban J connectivity index is 2.86. The Morgan fingerprint density at radius 3 is 1.74 bits per heavy atom. The maximum Gasteiger partial charge on any atom is 0.202 e. The van der Waals surface area contributed by atoms with Crippen molar-refractivity contribution in [2.24, 2.45) is 0 Å². The van der Waals surface area contributed by atoms with Crippen LogP contribution in [-0.4, -0.2) is 49.8 Å². The summed E-state index contributed by atoms with van der Waals surface area (Å²) in [5.74, 6) is 4.43. The van der Waals surface area contributed by atoms with E-state index in [9.17, 15) is 0 Å². The van der Waals surface area contributed by atoms with Crippen molar-refractivity contribution in [1.82, 2.24) is 16.8 Å². The zero-order chi connectivity index (χ0) is 17.2. The van der Waals surface area contributed by atoms with Crippen LogP contribution in [0.4, 0.5) is 0 Å². The minimum Gasteiger partial charge on any atom is -0.245 e. The Hall–Kier alpha value is 0.740. The van der Waals surface area contributed by atoms with Gasteiger partial charge in [0, 0.05) is 23.0 Å². The molecule has 1 aromatic heterocycles. The fraction of sp³-hybridized carbons (Fsp3) is 0.667. The van der Waals surface area contributed by atoms with Crippen molar-refractivity contribution in [3.63, 3.8) is 0 Å². The molecule has 0 saturated carbocycles. The van der Waals surface area contributed by atoms with Gasteiger partial charge < -0.3 is 0 Å². The lowest BCUT2D eigenvalue weighted by Crippen LogP contribution is -2.20. The first-order chi connectivity index (χ1) is 11.1. The molecule has 0 amide bonds. The predicted octanol–water partition coefficient (Wildman–Crippen LogP) is 5.17. The third-order valence-electron chi connectivity index (χ3n) is 2.12. The molecule has 0 bridgehead atoms. The third-order valence-corrected chi connectivity index (χ3v) is 8.14. The molecule has 0 atom stereocenters. The molecule has 0 aromatic carbocycles. The average molecular weight is 445 g/mol. The van der Waals surface area contributed by atoms with Gasteiger partial charge in [0.25, 0.3) is 0 Å². The third kappa shape index (κ3) is 6.87. The summed E-state index contributed by atoms with van der Waals surface area (Å²) in [5, 5.41) is 0.752. The highest BCUT2D eigenvalue weighted by Crippen LogP contribution is 2.28. The van der Waals surface area contributed by atoms with Crippen LogP contribution >= 0.6 is 83.8 Å². The Labute approximate surface area is 171 Å². The van der Waals surface area contributed by atoms with E-state index in [4.69, 9.17) is 24.4 Å². The van der Waals surface area contributed by atoms with Crippen LogP contribution in [0.5, 0.6) is 0 Å². The molecule has 11 heteroatoms. The highest BCUT2D eigenvalue weighted by Gasteiger charge is 2.21. The Bertz CT molecular complexity index is 453. The van der Waals surface area contributed by atoms with Gasteiger partial charge in [0.1, 0.15) is 0 Å². The van der Waals surface area contributed by atoms with Gasteiger partial charge >= 0.3 is 0 Å². The molecule has 1 aromatic rings. The lowest BCUT2D eigenvalue weighted by molar-refractivity contribution is 1.09. The molecule has 0 aliphatic rings. The summed E-state index contributed by atoms with van der Waals surface area (Å²) in [6.45, 7) is 8.43. The van der Waals surface area contributed by atoms with Gasteiger partial charge in [-0.25, -0.2) is 12.4 Å². The van der Waals surface area contributed by atoms with Crippen LogP contribution in [0.3, 0.4) is 0 Å². The van der Waals surface area contributed by atoms with Crippen LogP contribution in [0.15, 0.2) is 0 Å². The van der Waals surface area contributed by atoms with Crippen LogP contribution in [0.25, 0.3) is 0 Å². The van der Waals surface area contributed by atoms with E-state index in [0.717, 1.165) is 28.0 Å². The second-order valence-electron chi connectivity index (χ2n) is 3.72. The Kier molecular flexibility index (Phi) is 11.5. The Morgan fingerprint density at radius 1 is 0.870 bits per heavy atom. The molecular weight excluding hydrogens is 425 g/mol.